The molecule has 0 aliphatic heterocycles. The van der Waals surface area contributed by atoms with Crippen LogP contribution in [-0.2, 0) is 4.79 Å². The second kappa shape index (κ2) is 6.36. The Kier molecular flexibility index (Phi) is 5.33. The Morgan fingerprint density at radius 1 is 1.37 bits per heavy atom. The summed E-state index contributed by atoms with van der Waals surface area (Å²) in [6.45, 7) is -0.702. The fraction of sp³-hybridized carbons (Fsp3) is 0.364. The number of carbonyl (C=O) groups is 1. The fourth-order valence-corrected chi connectivity index (χ4v) is 1.74. The van der Waals surface area contributed by atoms with Crippen molar-refractivity contribution in [1.29, 1.82) is 0 Å². The molecule has 1 rings (SSSR count). The molecule has 1 aromatic carbocycles. The molecule has 1 amide bonds. The number of benzene rings is 1. The van der Waals surface area contributed by atoms with Crippen LogP contribution in [0.2, 0.25) is 0 Å². The summed E-state index contributed by atoms with van der Waals surface area (Å²) in [5, 5.41) is 20.8. The molecule has 4 nitrogen and oxygen atoms in total. The van der Waals surface area contributed by atoms with E-state index in [-0.39, 0.29) is 0 Å². The third-order valence-electron chi connectivity index (χ3n) is 2.28. The number of hydrogen-bond acceptors (Lipinski definition) is 3. The summed E-state index contributed by atoms with van der Waals surface area (Å²) < 4.78 is 36.4. The van der Waals surface area contributed by atoms with Crippen LogP contribution < -0.4 is 5.32 Å². The van der Waals surface area contributed by atoms with E-state index in [9.17, 15) is 28.2 Å². The number of nitrogens with one attached hydrogen (secondary N) is 1. The van der Waals surface area contributed by atoms with Crippen LogP contribution in [0.3, 0.4) is 0 Å². The molecule has 8 heteroatoms. The molecular formula is C11H11BrF3NO3. The molecule has 0 aliphatic rings. The number of halogens is 4. The van der Waals surface area contributed by atoms with Gasteiger partial charge in [0.05, 0.1) is 0 Å². The van der Waals surface area contributed by atoms with E-state index in [0.29, 0.717) is 10.0 Å². The summed E-state index contributed by atoms with van der Waals surface area (Å²) in [6, 6.07) is 6.31. The summed E-state index contributed by atoms with van der Waals surface area (Å²) in [5.41, 5.74) is 0.322. The average molecular weight is 342 g/mol. The Balaban J connectivity index is 2.59. The molecule has 2 atom stereocenters. The predicted octanol–water partition coefficient (Wildman–Crippen LogP) is 1.52. The number of hydrogen-bond donors (Lipinski definition) is 3. The lowest BCUT2D eigenvalue weighted by molar-refractivity contribution is -0.174. The largest absolute Gasteiger partial charge is 0.471 e. The quantitative estimate of drug-likeness (QED) is 0.777. The second-order valence-corrected chi connectivity index (χ2v) is 4.69. The van der Waals surface area contributed by atoms with E-state index in [1.54, 1.807) is 12.1 Å². The number of rotatable bonds is 4. The minimum Gasteiger partial charge on any atom is -0.388 e. The van der Waals surface area contributed by atoms with Crippen molar-refractivity contribution in [3.8, 4) is 0 Å². The number of aliphatic hydroxyl groups is 2. The van der Waals surface area contributed by atoms with Gasteiger partial charge in [-0.1, -0.05) is 28.1 Å². The summed E-state index contributed by atoms with van der Waals surface area (Å²) in [6.07, 6.45) is -7.95. The topological polar surface area (TPSA) is 69.6 Å². The highest BCUT2D eigenvalue weighted by Crippen LogP contribution is 2.21. The average Bonchev–Trinajstić information content (AvgIpc) is 2.33. The molecule has 0 heterocycles. The molecule has 0 saturated heterocycles. The summed E-state index contributed by atoms with van der Waals surface area (Å²) in [7, 11) is 0. The SMILES string of the molecule is O=C(NC[C@@H](O)[C@@H](O)c1cccc(Br)c1)C(F)(F)F. The van der Waals surface area contributed by atoms with Crippen LogP contribution in [0, 0.1) is 0 Å². The third-order valence-corrected chi connectivity index (χ3v) is 2.78. The zero-order chi connectivity index (χ0) is 14.6. The summed E-state index contributed by atoms with van der Waals surface area (Å²) in [5.74, 6) is -2.16. The van der Waals surface area contributed by atoms with Gasteiger partial charge in [0.1, 0.15) is 12.2 Å². The lowest BCUT2D eigenvalue weighted by Crippen LogP contribution is -2.42. The third kappa shape index (κ3) is 4.81. The van der Waals surface area contributed by atoms with Crippen LogP contribution in [0.1, 0.15) is 11.7 Å². The first kappa shape index (κ1) is 15.9. The van der Waals surface area contributed by atoms with Crippen LogP contribution in [-0.4, -0.2) is 34.9 Å². The van der Waals surface area contributed by atoms with Gasteiger partial charge in [0, 0.05) is 11.0 Å². The van der Waals surface area contributed by atoms with Crippen molar-refractivity contribution in [1.82, 2.24) is 5.32 Å². The summed E-state index contributed by atoms with van der Waals surface area (Å²) in [4.78, 5) is 10.5. The fourth-order valence-electron chi connectivity index (χ4n) is 1.32. The van der Waals surface area contributed by atoms with Crippen molar-refractivity contribution >= 4 is 21.8 Å². The lowest BCUT2D eigenvalue weighted by Gasteiger charge is -2.19. The minimum absolute atomic E-state index is 0.322. The molecule has 3 N–H and O–H groups in total. The molecule has 106 valence electrons. The van der Waals surface area contributed by atoms with Gasteiger partial charge in [-0.25, -0.2) is 0 Å². The van der Waals surface area contributed by atoms with Crippen molar-refractivity contribution in [2.75, 3.05) is 6.54 Å². The Morgan fingerprint density at radius 3 is 2.53 bits per heavy atom. The van der Waals surface area contributed by atoms with Crippen molar-refractivity contribution in [3.05, 3.63) is 34.3 Å². The van der Waals surface area contributed by atoms with E-state index in [2.05, 4.69) is 15.9 Å². The zero-order valence-corrected chi connectivity index (χ0v) is 11.1. The molecule has 0 bridgehead atoms. The molecule has 1 aromatic rings. The maximum Gasteiger partial charge on any atom is 0.471 e. The van der Waals surface area contributed by atoms with Crippen LogP contribution in [0.4, 0.5) is 13.2 Å². The maximum atomic E-state index is 11.9. The molecule has 0 aromatic heterocycles. The van der Waals surface area contributed by atoms with E-state index in [1.165, 1.54) is 17.4 Å². The number of carbonyl (C=O) groups excluding carboxylic acids is 1. The lowest BCUT2D eigenvalue weighted by atomic mass is 10.0. The maximum absolute atomic E-state index is 11.9. The van der Waals surface area contributed by atoms with Gasteiger partial charge >= 0.3 is 12.1 Å². The Morgan fingerprint density at radius 2 is 2.00 bits per heavy atom. The van der Waals surface area contributed by atoms with Crippen LogP contribution >= 0.6 is 15.9 Å². The van der Waals surface area contributed by atoms with Gasteiger partial charge in [-0.3, -0.25) is 4.79 Å². The first-order chi connectivity index (χ1) is 8.71. The van der Waals surface area contributed by atoms with E-state index < -0.39 is 30.8 Å². The van der Waals surface area contributed by atoms with Crippen LogP contribution in [0.15, 0.2) is 28.7 Å². The smallest absolute Gasteiger partial charge is 0.388 e. The number of amides is 1. The Hall–Kier alpha value is -1.12. The molecule has 0 aliphatic carbocycles. The van der Waals surface area contributed by atoms with Gasteiger partial charge in [0.2, 0.25) is 0 Å². The number of aliphatic hydroxyl groups excluding tert-OH is 2. The van der Waals surface area contributed by atoms with E-state index in [1.807, 2.05) is 0 Å². The van der Waals surface area contributed by atoms with Crippen molar-refractivity contribution in [2.24, 2.45) is 0 Å². The first-order valence-electron chi connectivity index (χ1n) is 5.18. The van der Waals surface area contributed by atoms with Gasteiger partial charge in [-0.05, 0) is 17.7 Å². The van der Waals surface area contributed by atoms with Crippen LogP contribution in [0.5, 0.6) is 0 Å². The monoisotopic (exact) mass is 341 g/mol. The molecule has 0 fully saturated rings. The van der Waals surface area contributed by atoms with E-state index in [0.717, 1.165) is 0 Å². The Bertz CT molecular complexity index is 453. The molecule has 0 saturated carbocycles. The number of alkyl halides is 3. The van der Waals surface area contributed by atoms with Gasteiger partial charge < -0.3 is 15.5 Å². The van der Waals surface area contributed by atoms with E-state index in [4.69, 9.17) is 0 Å². The molecule has 0 radical (unpaired) electrons. The van der Waals surface area contributed by atoms with Crippen molar-refractivity contribution in [3.63, 3.8) is 0 Å². The first-order valence-corrected chi connectivity index (χ1v) is 5.97. The van der Waals surface area contributed by atoms with Gasteiger partial charge in [-0.15, -0.1) is 0 Å². The van der Waals surface area contributed by atoms with Crippen LogP contribution in [0.25, 0.3) is 0 Å². The minimum atomic E-state index is -5.01. The Labute approximate surface area is 115 Å². The standard InChI is InChI=1S/C11H11BrF3NO3/c12-7-3-1-2-6(4-7)9(18)8(17)5-16-10(19)11(13,14)15/h1-4,8-9,17-18H,5H2,(H,16,19)/t8-,9+/m1/s1. The molecule has 0 unspecified atom stereocenters. The second-order valence-electron chi connectivity index (χ2n) is 3.77. The van der Waals surface area contributed by atoms with Crippen molar-refractivity contribution < 1.29 is 28.2 Å². The van der Waals surface area contributed by atoms with Gasteiger partial charge in [0.25, 0.3) is 0 Å². The van der Waals surface area contributed by atoms with Crippen molar-refractivity contribution in [2.45, 2.75) is 18.4 Å². The zero-order valence-electron chi connectivity index (χ0n) is 9.49. The predicted molar refractivity (Wildman–Crippen MR) is 64.2 cm³/mol. The molecule has 19 heavy (non-hydrogen) atoms. The van der Waals surface area contributed by atoms with E-state index >= 15 is 0 Å². The highest BCUT2D eigenvalue weighted by atomic mass is 79.9. The molecule has 0 spiro atoms. The summed E-state index contributed by atoms with van der Waals surface area (Å²) >= 11 is 3.16. The van der Waals surface area contributed by atoms with Gasteiger partial charge in [-0.2, -0.15) is 13.2 Å². The normalized spacial score (nSPS) is 14.8. The highest BCUT2D eigenvalue weighted by Gasteiger charge is 2.38. The highest BCUT2D eigenvalue weighted by molar-refractivity contribution is 9.10. The van der Waals surface area contributed by atoms with Gasteiger partial charge in [0.15, 0.2) is 0 Å². The molecular weight excluding hydrogens is 331 g/mol.